The van der Waals surface area contributed by atoms with Crippen molar-refractivity contribution in [3.8, 4) is 0 Å². The predicted octanol–water partition coefficient (Wildman–Crippen LogP) is 4.62. The fourth-order valence-electron chi connectivity index (χ4n) is 1.78. The summed E-state index contributed by atoms with van der Waals surface area (Å²) in [5.41, 5.74) is 5.10. The highest BCUT2D eigenvalue weighted by atomic mass is 14.1. The molecule has 0 aliphatic carbocycles. The summed E-state index contributed by atoms with van der Waals surface area (Å²) in [6, 6.07) is 8.50. The van der Waals surface area contributed by atoms with Gasteiger partial charge in [0.05, 0.1) is 0 Å². The van der Waals surface area contributed by atoms with Crippen LogP contribution in [-0.2, 0) is 6.42 Å². The lowest BCUT2D eigenvalue weighted by Crippen LogP contribution is -1.93. The van der Waals surface area contributed by atoms with Gasteiger partial charge in [0.2, 0.25) is 0 Å². The van der Waals surface area contributed by atoms with Crippen LogP contribution in [0.4, 0.5) is 0 Å². The highest BCUT2D eigenvalue weighted by Gasteiger charge is 2.04. The van der Waals surface area contributed by atoms with Gasteiger partial charge < -0.3 is 0 Å². The van der Waals surface area contributed by atoms with Crippen LogP contribution in [0.2, 0.25) is 0 Å². The fraction of sp³-hybridized carbons (Fsp3) is 0.333. The summed E-state index contributed by atoms with van der Waals surface area (Å²) in [7, 11) is 0. The maximum absolute atomic E-state index is 4.15. The van der Waals surface area contributed by atoms with E-state index in [0.29, 0.717) is 0 Å². The van der Waals surface area contributed by atoms with Crippen molar-refractivity contribution < 1.29 is 0 Å². The zero-order chi connectivity index (χ0) is 11.3. The van der Waals surface area contributed by atoms with Crippen molar-refractivity contribution in [3.05, 3.63) is 54.1 Å². The number of benzene rings is 1. The van der Waals surface area contributed by atoms with E-state index < -0.39 is 0 Å². The molecule has 0 N–H and O–H groups in total. The first-order chi connectivity index (χ1) is 7.15. The SMILES string of the molecule is C=C(C)Cc1ccccc1C(=C)CCC. The Morgan fingerprint density at radius 3 is 2.47 bits per heavy atom. The zero-order valence-electron chi connectivity index (χ0n) is 9.84. The highest BCUT2D eigenvalue weighted by Crippen LogP contribution is 2.23. The van der Waals surface area contributed by atoms with Crippen molar-refractivity contribution in [3.63, 3.8) is 0 Å². The Bertz CT molecular complexity index is 358. The van der Waals surface area contributed by atoms with Crippen LogP contribution >= 0.6 is 0 Å². The Kier molecular flexibility index (Phi) is 4.36. The van der Waals surface area contributed by atoms with Crippen LogP contribution in [0.3, 0.4) is 0 Å². The molecule has 0 aliphatic rings. The molecule has 0 unspecified atom stereocenters. The van der Waals surface area contributed by atoms with E-state index >= 15 is 0 Å². The largest absolute Gasteiger partial charge is 0.0998 e. The van der Waals surface area contributed by atoms with E-state index in [0.717, 1.165) is 19.3 Å². The number of hydrogen-bond donors (Lipinski definition) is 0. The third-order valence-electron chi connectivity index (χ3n) is 2.44. The second kappa shape index (κ2) is 5.55. The van der Waals surface area contributed by atoms with Gasteiger partial charge in [0.1, 0.15) is 0 Å². The average Bonchev–Trinajstić information content (AvgIpc) is 2.18. The summed E-state index contributed by atoms with van der Waals surface area (Å²) in [4.78, 5) is 0. The Labute approximate surface area is 93.3 Å². The minimum absolute atomic E-state index is 0.957. The summed E-state index contributed by atoms with van der Waals surface area (Å²) < 4.78 is 0. The molecule has 0 aliphatic heterocycles. The van der Waals surface area contributed by atoms with Crippen molar-refractivity contribution >= 4 is 5.57 Å². The lowest BCUT2D eigenvalue weighted by molar-refractivity contribution is 0.971. The first-order valence-electron chi connectivity index (χ1n) is 5.55. The Balaban J connectivity index is 2.95. The van der Waals surface area contributed by atoms with Gasteiger partial charge in [-0.1, -0.05) is 56.3 Å². The molecule has 0 spiro atoms. The second-order valence-corrected chi connectivity index (χ2v) is 4.14. The summed E-state index contributed by atoms with van der Waals surface area (Å²) in [5.74, 6) is 0. The fourth-order valence-corrected chi connectivity index (χ4v) is 1.78. The molecule has 0 nitrogen and oxygen atoms in total. The smallest absolute Gasteiger partial charge is 0.00665 e. The van der Waals surface area contributed by atoms with Crippen LogP contribution in [0.1, 0.15) is 37.8 Å². The van der Waals surface area contributed by atoms with Gasteiger partial charge in [-0.2, -0.15) is 0 Å². The van der Waals surface area contributed by atoms with Gasteiger partial charge in [-0.3, -0.25) is 0 Å². The molecule has 0 bridgehead atoms. The molecule has 1 rings (SSSR count). The van der Waals surface area contributed by atoms with Crippen LogP contribution in [-0.4, -0.2) is 0 Å². The standard InChI is InChI=1S/C15H20/c1-5-8-13(4)15-10-7-6-9-14(15)11-12(2)3/h6-7,9-10H,2,4-5,8,11H2,1,3H3. The van der Waals surface area contributed by atoms with Crippen LogP contribution in [0, 0.1) is 0 Å². The molecule has 0 amide bonds. The van der Waals surface area contributed by atoms with E-state index in [2.05, 4.69) is 51.3 Å². The Morgan fingerprint density at radius 1 is 1.20 bits per heavy atom. The molecule has 0 aromatic heterocycles. The van der Waals surface area contributed by atoms with Crippen molar-refractivity contribution in [2.75, 3.05) is 0 Å². The molecule has 0 atom stereocenters. The number of allylic oxidation sites excluding steroid dienone is 2. The summed E-state index contributed by atoms with van der Waals surface area (Å²) >= 11 is 0. The van der Waals surface area contributed by atoms with E-state index in [-0.39, 0.29) is 0 Å². The van der Waals surface area contributed by atoms with Crippen LogP contribution in [0.15, 0.2) is 43.0 Å². The number of hydrogen-bond acceptors (Lipinski definition) is 0. The lowest BCUT2D eigenvalue weighted by atomic mass is 9.94. The Hall–Kier alpha value is -1.30. The third-order valence-corrected chi connectivity index (χ3v) is 2.44. The van der Waals surface area contributed by atoms with Gasteiger partial charge in [0.25, 0.3) is 0 Å². The summed E-state index contributed by atoms with van der Waals surface area (Å²) in [6.07, 6.45) is 3.19. The van der Waals surface area contributed by atoms with E-state index in [9.17, 15) is 0 Å². The Morgan fingerprint density at radius 2 is 1.87 bits per heavy atom. The number of rotatable bonds is 5. The molecule has 1 aromatic carbocycles. The topological polar surface area (TPSA) is 0 Å². The molecule has 15 heavy (non-hydrogen) atoms. The first kappa shape index (κ1) is 11.8. The lowest BCUT2D eigenvalue weighted by Gasteiger charge is -2.11. The van der Waals surface area contributed by atoms with Gasteiger partial charge in [0.15, 0.2) is 0 Å². The first-order valence-corrected chi connectivity index (χ1v) is 5.55. The van der Waals surface area contributed by atoms with Crippen molar-refractivity contribution in [2.45, 2.75) is 33.1 Å². The van der Waals surface area contributed by atoms with Gasteiger partial charge in [-0.25, -0.2) is 0 Å². The quantitative estimate of drug-likeness (QED) is 0.608. The zero-order valence-corrected chi connectivity index (χ0v) is 9.84. The van der Waals surface area contributed by atoms with E-state index in [1.54, 1.807) is 0 Å². The van der Waals surface area contributed by atoms with Crippen LogP contribution in [0.25, 0.3) is 5.57 Å². The summed E-state index contributed by atoms with van der Waals surface area (Å²) in [5, 5.41) is 0. The molecule has 1 aromatic rings. The molecule has 0 heteroatoms. The third kappa shape index (κ3) is 3.39. The molecule has 0 saturated carbocycles. The molecule has 0 saturated heterocycles. The van der Waals surface area contributed by atoms with E-state index in [1.165, 1.54) is 22.3 Å². The predicted molar refractivity (Wildman–Crippen MR) is 68.9 cm³/mol. The molecular formula is C15H20. The molecule has 0 heterocycles. The van der Waals surface area contributed by atoms with Gasteiger partial charge in [-0.05, 0) is 36.5 Å². The minimum Gasteiger partial charge on any atom is -0.0998 e. The molecule has 0 fully saturated rings. The van der Waals surface area contributed by atoms with Crippen molar-refractivity contribution in [1.82, 2.24) is 0 Å². The maximum atomic E-state index is 4.15. The minimum atomic E-state index is 0.957. The van der Waals surface area contributed by atoms with Crippen LogP contribution < -0.4 is 0 Å². The molecule has 0 radical (unpaired) electrons. The highest BCUT2D eigenvalue weighted by molar-refractivity contribution is 5.66. The van der Waals surface area contributed by atoms with Crippen molar-refractivity contribution in [1.29, 1.82) is 0 Å². The summed E-state index contributed by atoms with van der Waals surface area (Å²) in [6.45, 7) is 12.4. The van der Waals surface area contributed by atoms with Crippen LogP contribution in [0.5, 0.6) is 0 Å². The maximum Gasteiger partial charge on any atom is -0.00665 e. The second-order valence-electron chi connectivity index (χ2n) is 4.14. The van der Waals surface area contributed by atoms with E-state index in [1.807, 2.05) is 0 Å². The molecule has 80 valence electrons. The monoisotopic (exact) mass is 200 g/mol. The van der Waals surface area contributed by atoms with Gasteiger partial charge in [0, 0.05) is 0 Å². The van der Waals surface area contributed by atoms with Crippen molar-refractivity contribution in [2.24, 2.45) is 0 Å². The van der Waals surface area contributed by atoms with Gasteiger partial charge in [-0.15, -0.1) is 0 Å². The van der Waals surface area contributed by atoms with E-state index in [4.69, 9.17) is 0 Å². The average molecular weight is 200 g/mol. The van der Waals surface area contributed by atoms with Gasteiger partial charge >= 0.3 is 0 Å². The normalized spacial score (nSPS) is 10.0. The molecular weight excluding hydrogens is 180 g/mol.